The van der Waals surface area contributed by atoms with Gasteiger partial charge in [0.05, 0.1) is 4.88 Å². The highest BCUT2D eigenvalue weighted by Crippen LogP contribution is 2.27. The molecule has 3 heterocycles. The van der Waals surface area contributed by atoms with E-state index in [1.54, 1.807) is 11.3 Å². The van der Waals surface area contributed by atoms with Crippen LogP contribution in [-0.2, 0) is 0 Å². The second-order valence-electron chi connectivity index (χ2n) is 4.92. The first-order valence-electron chi connectivity index (χ1n) is 6.81. The summed E-state index contributed by atoms with van der Waals surface area (Å²) < 4.78 is 0. The van der Waals surface area contributed by atoms with Crippen molar-refractivity contribution in [1.29, 1.82) is 0 Å². The van der Waals surface area contributed by atoms with Crippen molar-refractivity contribution < 1.29 is 4.79 Å². The van der Waals surface area contributed by atoms with Crippen LogP contribution < -0.4 is 10.6 Å². The molecule has 3 rings (SSSR count). The minimum atomic E-state index is -0.0602. The fourth-order valence-corrected chi connectivity index (χ4v) is 3.95. The fraction of sp³-hybridized carbons (Fsp3) is 0.429. The maximum atomic E-state index is 12.0. The van der Waals surface area contributed by atoms with Gasteiger partial charge in [-0.05, 0) is 43.3 Å². The van der Waals surface area contributed by atoms with Gasteiger partial charge in [0.1, 0.15) is 10.7 Å². The number of halogens is 2. The molecule has 1 aliphatic rings. The smallest absolute Gasteiger partial charge is 0.270 e. The molecule has 8 heteroatoms. The molecule has 0 spiro atoms. The van der Waals surface area contributed by atoms with Crippen LogP contribution in [0, 0.1) is 5.92 Å². The third-order valence-corrected chi connectivity index (χ3v) is 5.35. The van der Waals surface area contributed by atoms with Crippen LogP contribution in [0.2, 0.25) is 0 Å². The average molecular weight is 380 g/mol. The molecule has 22 heavy (non-hydrogen) atoms. The average Bonchev–Trinajstić information content (AvgIpc) is 3.20. The zero-order valence-electron chi connectivity index (χ0n) is 11.9. The van der Waals surface area contributed by atoms with E-state index in [4.69, 9.17) is 0 Å². The lowest BCUT2D eigenvalue weighted by Gasteiger charge is -2.08. The van der Waals surface area contributed by atoms with E-state index in [1.165, 1.54) is 17.8 Å². The monoisotopic (exact) mass is 379 g/mol. The van der Waals surface area contributed by atoms with E-state index in [-0.39, 0.29) is 30.7 Å². The maximum Gasteiger partial charge on any atom is 0.270 e. The zero-order valence-corrected chi connectivity index (χ0v) is 15.2. The Morgan fingerprint density at radius 1 is 1.41 bits per heavy atom. The second kappa shape index (κ2) is 9.47. The Morgan fingerprint density at radius 3 is 2.95 bits per heavy atom. The van der Waals surface area contributed by atoms with Gasteiger partial charge in [-0.15, -0.1) is 47.5 Å². The Labute approximate surface area is 150 Å². The van der Waals surface area contributed by atoms with Gasteiger partial charge in [0, 0.05) is 11.9 Å². The highest BCUT2D eigenvalue weighted by atomic mass is 35.5. The first-order valence-corrected chi connectivity index (χ1v) is 8.57. The molecule has 0 aliphatic carbocycles. The number of rotatable bonds is 5. The summed E-state index contributed by atoms with van der Waals surface area (Å²) in [4.78, 5) is 17.5. The molecule has 1 atom stereocenters. The number of hydrogen-bond donors (Lipinski definition) is 2. The first-order chi connectivity index (χ1) is 9.83. The molecule has 1 amide bonds. The van der Waals surface area contributed by atoms with Crippen LogP contribution in [0.3, 0.4) is 0 Å². The summed E-state index contributed by atoms with van der Waals surface area (Å²) >= 11 is 3.17. The molecule has 1 aliphatic heterocycles. The van der Waals surface area contributed by atoms with E-state index in [2.05, 4.69) is 15.6 Å². The molecule has 1 saturated heterocycles. The summed E-state index contributed by atoms with van der Waals surface area (Å²) in [5.74, 6) is 0.641. The van der Waals surface area contributed by atoms with Gasteiger partial charge in [-0.3, -0.25) is 4.79 Å². The third kappa shape index (κ3) is 4.93. The number of carbonyl (C=O) groups excluding carboxylic acids is 1. The Balaban J connectivity index is 0.00000121. The predicted octanol–water partition coefficient (Wildman–Crippen LogP) is 3.44. The van der Waals surface area contributed by atoms with Crippen molar-refractivity contribution in [2.45, 2.75) is 12.8 Å². The lowest BCUT2D eigenvalue weighted by atomic mass is 10.1. The van der Waals surface area contributed by atoms with Gasteiger partial charge in [0.2, 0.25) is 0 Å². The van der Waals surface area contributed by atoms with E-state index >= 15 is 0 Å². The van der Waals surface area contributed by atoms with Gasteiger partial charge in [0.15, 0.2) is 0 Å². The van der Waals surface area contributed by atoms with Crippen LogP contribution in [0.4, 0.5) is 0 Å². The van der Waals surface area contributed by atoms with Crippen LogP contribution in [-0.4, -0.2) is 30.5 Å². The molecule has 4 nitrogen and oxygen atoms in total. The van der Waals surface area contributed by atoms with Crippen LogP contribution in [0.15, 0.2) is 22.9 Å². The number of nitrogens with one attached hydrogen (secondary N) is 2. The van der Waals surface area contributed by atoms with Crippen LogP contribution in [0.25, 0.3) is 9.88 Å². The standard InChI is InChI=1S/C14H17N3OS2.2ClH/c18-13(16-6-4-10-3-5-15-8-10)11-9-20-14(17-11)12-2-1-7-19-12;;/h1-2,7,9-10,15H,3-6,8H2,(H,16,18);2*1H. The third-order valence-electron chi connectivity index (χ3n) is 3.47. The van der Waals surface area contributed by atoms with Crippen LogP contribution in [0.1, 0.15) is 23.3 Å². The molecular weight excluding hydrogens is 361 g/mol. The highest BCUT2D eigenvalue weighted by Gasteiger charge is 2.15. The van der Waals surface area contributed by atoms with Crippen molar-refractivity contribution in [1.82, 2.24) is 15.6 Å². The number of amides is 1. The summed E-state index contributed by atoms with van der Waals surface area (Å²) in [7, 11) is 0. The SMILES string of the molecule is Cl.Cl.O=C(NCCC1CCNC1)c1csc(-c2cccs2)n1. The molecule has 0 aromatic carbocycles. The summed E-state index contributed by atoms with van der Waals surface area (Å²) in [6, 6.07) is 4.02. The van der Waals surface area contributed by atoms with Crippen LogP contribution >= 0.6 is 47.5 Å². The van der Waals surface area contributed by atoms with Gasteiger partial charge in [0.25, 0.3) is 5.91 Å². The molecular formula is C14H19Cl2N3OS2. The number of nitrogens with zero attached hydrogens (tertiary/aromatic N) is 1. The largest absolute Gasteiger partial charge is 0.351 e. The normalized spacial score (nSPS) is 16.6. The lowest BCUT2D eigenvalue weighted by molar-refractivity contribution is 0.0947. The summed E-state index contributed by atoms with van der Waals surface area (Å²) in [6.45, 7) is 2.92. The minimum absolute atomic E-state index is 0. The Kier molecular flexibility index (Phi) is 8.35. The van der Waals surface area contributed by atoms with E-state index in [9.17, 15) is 4.79 Å². The van der Waals surface area contributed by atoms with Gasteiger partial charge in [-0.1, -0.05) is 6.07 Å². The summed E-state index contributed by atoms with van der Waals surface area (Å²) in [6.07, 6.45) is 2.26. The zero-order chi connectivity index (χ0) is 13.8. The molecule has 1 fully saturated rings. The number of hydrogen-bond acceptors (Lipinski definition) is 5. The lowest BCUT2D eigenvalue weighted by Crippen LogP contribution is -2.26. The highest BCUT2D eigenvalue weighted by molar-refractivity contribution is 7.20. The summed E-state index contributed by atoms with van der Waals surface area (Å²) in [5, 5.41) is 11.1. The van der Waals surface area contributed by atoms with Gasteiger partial charge >= 0.3 is 0 Å². The molecule has 0 radical (unpaired) electrons. The molecule has 1 unspecified atom stereocenters. The van der Waals surface area contributed by atoms with E-state index < -0.39 is 0 Å². The van der Waals surface area contributed by atoms with Gasteiger partial charge in [-0.2, -0.15) is 0 Å². The molecule has 0 bridgehead atoms. The second-order valence-corrected chi connectivity index (χ2v) is 6.72. The Bertz CT molecular complexity index is 568. The van der Waals surface area contributed by atoms with E-state index in [0.717, 1.165) is 35.9 Å². The van der Waals surface area contributed by atoms with Crippen molar-refractivity contribution in [2.24, 2.45) is 5.92 Å². The van der Waals surface area contributed by atoms with Crippen molar-refractivity contribution >= 4 is 53.4 Å². The minimum Gasteiger partial charge on any atom is -0.351 e. The maximum absolute atomic E-state index is 12.0. The summed E-state index contributed by atoms with van der Waals surface area (Å²) in [5.41, 5.74) is 0.531. The first kappa shape index (κ1) is 19.4. The van der Waals surface area contributed by atoms with Crippen molar-refractivity contribution in [2.75, 3.05) is 19.6 Å². The van der Waals surface area contributed by atoms with Crippen molar-refractivity contribution in [3.8, 4) is 9.88 Å². The van der Waals surface area contributed by atoms with Crippen LogP contribution in [0.5, 0.6) is 0 Å². The topological polar surface area (TPSA) is 54.0 Å². The number of aromatic nitrogens is 1. The number of carbonyl (C=O) groups is 1. The predicted molar refractivity (Wildman–Crippen MR) is 97.8 cm³/mol. The van der Waals surface area contributed by atoms with Crippen molar-refractivity contribution in [3.05, 3.63) is 28.6 Å². The Morgan fingerprint density at radius 2 is 2.27 bits per heavy atom. The van der Waals surface area contributed by atoms with Crippen molar-refractivity contribution in [3.63, 3.8) is 0 Å². The van der Waals surface area contributed by atoms with E-state index in [0.29, 0.717) is 11.6 Å². The molecule has 2 N–H and O–H groups in total. The molecule has 2 aromatic rings. The number of thiazole rings is 1. The molecule has 0 saturated carbocycles. The Hall–Kier alpha value is -0.660. The molecule has 2 aromatic heterocycles. The van der Waals surface area contributed by atoms with Gasteiger partial charge in [-0.25, -0.2) is 4.98 Å². The quantitative estimate of drug-likeness (QED) is 0.836. The molecule has 122 valence electrons. The number of thiophene rings is 1. The van der Waals surface area contributed by atoms with E-state index in [1.807, 2.05) is 22.9 Å². The van der Waals surface area contributed by atoms with Gasteiger partial charge < -0.3 is 10.6 Å². The fourth-order valence-electron chi connectivity index (χ4n) is 2.33.